The van der Waals surface area contributed by atoms with E-state index in [1.165, 1.54) is 12.8 Å². The van der Waals surface area contributed by atoms with Gasteiger partial charge in [-0.2, -0.15) is 4.98 Å². The highest BCUT2D eigenvalue weighted by Gasteiger charge is 2.40. The number of rotatable bonds is 2. The predicted molar refractivity (Wildman–Crippen MR) is 54.3 cm³/mol. The zero-order chi connectivity index (χ0) is 10.5. The molecule has 0 spiro atoms. The van der Waals surface area contributed by atoms with E-state index in [0.29, 0.717) is 11.7 Å². The average molecular weight is 208 g/mol. The lowest BCUT2D eigenvalue weighted by Gasteiger charge is -2.18. The first-order valence-electron chi connectivity index (χ1n) is 5.49. The van der Waals surface area contributed by atoms with E-state index >= 15 is 0 Å². The molecule has 1 saturated heterocycles. The van der Waals surface area contributed by atoms with Gasteiger partial charge in [-0.25, -0.2) is 0 Å². The third-order valence-electron chi connectivity index (χ3n) is 3.31. The Morgan fingerprint density at radius 1 is 1.53 bits per heavy atom. The number of likely N-dealkylation sites (N-methyl/N-ethyl adjacent to an activating group) is 1. The minimum absolute atomic E-state index is 0.397. The molecule has 1 atom stereocenters. The highest BCUT2D eigenvalue weighted by Crippen LogP contribution is 2.39. The number of aromatic nitrogens is 2. The van der Waals surface area contributed by atoms with Crippen LogP contribution in [0.5, 0.6) is 0 Å². The van der Waals surface area contributed by atoms with Crippen molar-refractivity contribution in [1.82, 2.24) is 15.0 Å². The van der Waals surface area contributed by atoms with Gasteiger partial charge in [0.2, 0.25) is 5.89 Å². The number of nitrogens with two attached hydrogens (primary N) is 1. The van der Waals surface area contributed by atoms with E-state index in [0.717, 1.165) is 25.4 Å². The fraction of sp³-hybridized carbons (Fsp3) is 0.800. The molecular weight excluding hydrogens is 192 g/mol. The summed E-state index contributed by atoms with van der Waals surface area (Å²) in [7, 11) is 2.07. The van der Waals surface area contributed by atoms with Crippen LogP contribution in [0.3, 0.4) is 0 Å². The lowest BCUT2D eigenvalue weighted by molar-refractivity contribution is 0.335. The molecule has 82 valence electrons. The van der Waals surface area contributed by atoms with Crippen LogP contribution in [0.25, 0.3) is 0 Å². The molecule has 5 nitrogen and oxygen atoms in total. The second-order valence-electron chi connectivity index (χ2n) is 4.87. The van der Waals surface area contributed by atoms with Gasteiger partial charge >= 0.3 is 0 Å². The Morgan fingerprint density at radius 3 is 2.93 bits per heavy atom. The molecule has 2 fully saturated rings. The van der Waals surface area contributed by atoms with E-state index in [-0.39, 0.29) is 0 Å². The molecule has 3 rings (SSSR count). The van der Waals surface area contributed by atoms with Crippen LogP contribution in [0.2, 0.25) is 0 Å². The summed E-state index contributed by atoms with van der Waals surface area (Å²) < 4.78 is 5.24. The first kappa shape index (κ1) is 9.30. The predicted octanol–water partition coefficient (Wildman–Crippen LogP) is 0.436. The van der Waals surface area contributed by atoms with Gasteiger partial charge in [-0.15, -0.1) is 0 Å². The molecule has 0 bridgehead atoms. The molecule has 2 N–H and O–H groups in total. The Labute approximate surface area is 88.6 Å². The zero-order valence-corrected chi connectivity index (χ0v) is 8.94. The second kappa shape index (κ2) is 3.02. The van der Waals surface area contributed by atoms with Gasteiger partial charge < -0.3 is 15.2 Å². The highest BCUT2D eigenvalue weighted by molar-refractivity contribution is 5.11. The molecule has 1 aromatic heterocycles. The third-order valence-corrected chi connectivity index (χ3v) is 3.31. The normalized spacial score (nSPS) is 32.4. The van der Waals surface area contributed by atoms with Crippen molar-refractivity contribution >= 4 is 0 Å². The van der Waals surface area contributed by atoms with Crippen LogP contribution in [0, 0.1) is 0 Å². The first-order chi connectivity index (χ1) is 7.17. The average Bonchev–Trinajstić information content (AvgIpc) is 2.81. The van der Waals surface area contributed by atoms with Gasteiger partial charge in [0.15, 0.2) is 5.82 Å². The Balaban J connectivity index is 1.84. The SMILES string of the molecule is CN1CCC(N)(c2noc(C3CC3)n2)C1. The van der Waals surface area contributed by atoms with Crippen LogP contribution in [0.15, 0.2) is 4.52 Å². The van der Waals surface area contributed by atoms with Gasteiger partial charge in [-0.05, 0) is 26.3 Å². The van der Waals surface area contributed by atoms with Gasteiger partial charge in [-0.3, -0.25) is 0 Å². The van der Waals surface area contributed by atoms with E-state index in [9.17, 15) is 0 Å². The van der Waals surface area contributed by atoms with Crippen molar-refractivity contribution in [3.05, 3.63) is 11.7 Å². The summed E-state index contributed by atoms with van der Waals surface area (Å²) in [6.45, 7) is 1.82. The van der Waals surface area contributed by atoms with E-state index in [2.05, 4.69) is 22.1 Å². The molecule has 1 aliphatic heterocycles. The van der Waals surface area contributed by atoms with Crippen molar-refractivity contribution in [3.8, 4) is 0 Å². The summed E-state index contributed by atoms with van der Waals surface area (Å²) in [5.41, 5.74) is 5.88. The maximum absolute atomic E-state index is 6.28. The molecule has 1 aliphatic carbocycles. The molecule has 1 saturated carbocycles. The molecule has 5 heteroatoms. The number of nitrogens with zero attached hydrogens (tertiary/aromatic N) is 3. The van der Waals surface area contributed by atoms with Crippen LogP contribution < -0.4 is 5.73 Å². The van der Waals surface area contributed by atoms with Crippen molar-refractivity contribution in [2.45, 2.75) is 30.7 Å². The summed E-state index contributed by atoms with van der Waals surface area (Å²) in [6, 6.07) is 0. The fourth-order valence-electron chi connectivity index (χ4n) is 2.15. The van der Waals surface area contributed by atoms with Crippen molar-refractivity contribution in [1.29, 1.82) is 0 Å². The standard InChI is InChI=1S/C10H16N4O/c1-14-5-4-10(11,6-14)9-12-8(15-13-9)7-2-3-7/h7H,2-6,11H2,1H3. The molecule has 0 aromatic carbocycles. The van der Waals surface area contributed by atoms with Crippen LogP contribution >= 0.6 is 0 Å². The van der Waals surface area contributed by atoms with Gasteiger partial charge in [0, 0.05) is 19.0 Å². The molecule has 1 unspecified atom stereocenters. The molecule has 15 heavy (non-hydrogen) atoms. The molecule has 0 amide bonds. The quantitative estimate of drug-likeness (QED) is 0.763. The van der Waals surface area contributed by atoms with Gasteiger partial charge in [0.1, 0.15) is 0 Å². The molecule has 2 aliphatic rings. The number of likely N-dealkylation sites (tertiary alicyclic amines) is 1. The molecular formula is C10H16N4O. The molecule has 2 heterocycles. The third kappa shape index (κ3) is 1.55. The van der Waals surface area contributed by atoms with Crippen LogP contribution in [0.1, 0.15) is 36.9 Å². The smallest absolute Gasteiger partial charge is 0.229 e. The van der Waals surface area contributed by atoms with Gasteiger partial charge in [-0.1, -0.05) is 5.16 Å². The van der Waals surface area contributed by atoms with E-state index in [1.54, 1.807) is 0 Å². The van der Waals surface area contributed by atoms with Crippen molar-refractivity contribution in [2.24, 2.45) is 5.73 Å². The van der Waals surface area contributed by atoms with Crippen LogP contribution in [-0.4, -0.2) is 35.2 Å². The Kier molecular flexibility index (Phi) is 1.87. The summed E-state index contributed by atoms with van der Waals surface area (Å²) >= 11 is 0. The highest BCUT2D eigenvalue weighted by atomic mass is 16.5. The largest absolute Gasteiger partial charge is 0.339 e. The summed E-state index contributed by atoms with van der Waals surface area (Å²) in [5, 5.41) is 4.03. The Morgan fingerprint density at radius 2 is 2.33 bits per heavy atom. The summed E-state index contributed by atoms with van der Waals surface area (Å²) in [4.78, 5) is 6.63. The van der Waals surface area contributed by atoms with Gasteiger partial charge in [0.05, 0.1) is 5.54 Å². The number of hydrogen-bond donors (Lipinski definition) is 1. The summed E-state index contributed by atoms with van der Waals surface area (Å²) in [6.07, 6.45) is 3.27. The Hall–Kier alpha value is -0.940. The van der Waals surface area contributed by atoms with Crippen LogP contribution in [-0.2, 0) is 5.54 Å². The van der Waals surface area contributed by atoms with Crippen molar-refractivity contribution in [2.75, 3.05) is 20.1 Å². The lowest BCUT2D eigenvalue weighted by Crippen LogP contribution is -2.40. The second-order valence-corrected chi connectivity index (χ2v) is 4.87. The topological polar surface area (TPSA) is 68.2 Å². The maximum atomic E-state index is 6.28. The fourth-order valence-corrected chi connectivity index (χ4v) is 2.15. The van der Waals surface area contributed by atoms with Crippen molar-refractivity contribution in [3.63, 3.8) is 0 Å². The van der Waals surface area contributed by atoms with E-state index in [4.69, 9.17) is 10.3 Å². The monoisotopic (exact) mass is 208 g/mol. The van der Waals surface area contributed by atoms with E-state index in [1.807, 2.05) is 0 Å². The van der Waals surface area contributed by atoms with Crippen LogP contribution in [0.4, 0.5) is 0 Å². The maximum Gasteiger partial charge on any atom is 0.229 e. The van der Waals surface area contributed by atoms with Gasteiger partial charge in [0.25, 0.3) is 0 Å². The van der Waals surface area contributed by atoms with Crippen molar-refractivity contribution < 1.29 is 4.52 Å². The summed E-state index contributed by atoms with van der Waals surface area (Å²) in [5.74, 6) is 1.98. The minimum Gasteiger partial charge on any atom is -0.339 e. The minimum atomic E-state index is -0.397. The Bertz CT molecular complexity index is 373. The first-order valence-corrected chi connectivity index (χ1v) is 5.49. The van der Waals surface area contributed by atoms with E-state index < -0.39 is 5.54 Å². The molecule has 1 aromatic rings. The zero-order valence-electron chi connectivity index (χ0n) is 8.94. The molecule has 0 radical (unpaired) electrons. The lowest BCUT2D eigenvalue weighted by atomic mass is 10.00. The number of hydrogen-bond acceptors (Lipinski definition) is 5.